The van der Waals surface area contributed by atoms with Gasteiger partial charge >= 0.3 is 0 Å². The number of rotatable bonds is 6. The molecule has 2 aromatic rings. The Kier molecular flexibility index (Phi) is 4.98. The van der Waals surface area contributed by atoms with E-state index in [1.54, 1.807) is 25.3 Å². The molecule has 0 fully saturated rings. The molecule has 0 heterocycles. The van der Waals surface area contributed by atoms with Crippen LogP contribution in [0.5, 0.6) is 11.5 Å². The molecule has 4 heteroatoms. The Morgan fingerprint density at radius 1 is 1.10 bits per heavy atom. The summed E-state index contributed by atoms with van der Waals surface area (Å²) >= 11 is 0. The van der Waals surface area contributed by atoms with Gasteiger partial charge < -0.3 is 20.3 Å². The van der Waals surface area contributed by atoms with Gasteiger partial charge in [-0.3, -0.25) is 0 Å². The molecule has 106 valence electrons. The molecule has 0 saturated carbocycles. The fourth-order valence-electron chi connectivity index (χ4n) is 1.88. The number of hydrogen-bond donors (Lipinski definition) is 2. The second-order valence-electron chi connectivity index (χ2n) is 4.44. The lowest BCUT2D eigenvalue weighted by atomic mass is 10.1. The summed E-state index contributed by atoms with van der Waals surface area (Å²) in [6.07, 6.45) is -0.688. The lowest BCUT2D eigenvalue weighted by molar-refractivity contribution is 0.186. The molecule has 1 atom stereocenters. The van der Waals surface area contributed by atoms with Gasteiger partial charge in [0.25, 0.3) is 0 Å². The minimum Gasteiger partial charge on any atom is -0.493 e. The zero-order chi connectivity index (χ0) is 14.4. The van der Waals surface area contributed by atoms with Crippen LogP contribution in [0.15, 0.2) is 48.5 Å². The zero-order valence-electron chi connectivity index (χ0n) is 11.5. The van der Waals surface area contributed by atoms with Gasteiger partial charge in [0, 0.05) is 6.54 Å². The van der Waals surface area contributed by atoms with Crippen LogP contribution in [0, 0.1) is 0 Å². The van der Waals surface area contributed by atoms with Crippen molar-refractivity contribution in [1.29, 1.82) is 0 Å². The largest absolute Gasteiger partial charge is 0.493 e. The third kappa shape index (κ3) is 3.50. The molecule has 3 N–H and O–H groups in total. The first-order valence-electron chi connectivity index (χ1n) is 6.47. The van der Waals surface area contributed by atoms with Crippen molar-refractivity contribution in [2.75, 3.05) is 13.7 Å². The quantitative estimate of drug-likeness (QED) is 0.847. The van der Waals surface area contributed by atoms with Crippen LogP contribution in [0.1, 0.15) is 17.2 Å². The highest BCUT2D eigenvalue weighted by Crippen LogP contribution is 2.30. The molecule has 4 nitrogen and oxygen atoms in total. The first-order valence-corrected chi connectivity index (χ1v) is 6.47. The molecule has 2 rings (SSSR count). The van der Waals surface area contributed by atoms with Gasteiger partial charge in [-0.15, -0.1) is 0 Å². The van der Waals surface area contributed by atoms with E-state index < -0.39 is 6.10 Å². The summed E-state index contributed by atoms with van der Waals surface area (Å²) in [4.78, 5) is 0. The fraction of sp³-hybridized carbons (Fsp3) is 0.250. The van der Waals surface area contributed by atoms with E-state index in [2.05, 4.69) is 0 Å². The molecular formula is C16H19NO3. The second-order valence-corrected chi connectivity index (χ2v) is 4.44. The van der Waals surface area contributed by atoms with Gasteiger partial charge in [0.1, 0.15) is 6.61 Å². The molecular weight excluding hydrogens is 254 g/mol. The zero-order valence-corrected chi connectivity index (χ0v) is 11.5. The summed E-state index contributed by atoms with van der Waals surface area (Å²) in [5.74, 6) is 1.23. The van der Waals surface area contributed by atoms with E-state index in [0.717, 1.165) is 11.1 Å². The van der Waals surface area contributed by atoms with E-state index in [-0.39, 0.29) is 6.54 Å². The molecule has 0 amide bonds. The Balaban J connectivity index is 2.11. The maximum atomic E-state index is 9.73. The predicted octanol–water partition coefficient (Wildman–Crippen LogP) is 2.27. The fourth-order valence-corrected chi connectivity index (χ4v) is 1.88. The van der Waals surface area contributed by atoms with Crippen LogP contribution in [0.25, 0.3) is 0 Å². The van der Waals surface area contributed by atoms with Crippen LogP contribution >= 0.6 is 0 Å². The molecule has 0 aliphatic carbocycles. The normalized spacial score (nSPS) is 11.9. The molecule has 2 aromatic carbocycles. The highest BCUT2D eigenvalue weighted by atomic mass is 16.5. The maximum absolute atomic E-state index is 9.73. The number of nitrogens with two attached hydrogens (primary N) is 1. The van der Waals surface area contributed by atoms with Gasteiger partial charge in [-0.05, 0) is 23.3 Å². The van der Waals surface area contributed by atoms with E-state index in [0.29, 0.717) is 18.1 Å². The van der Waals surface area contributed by atoms with Crippen molar-refractivity contribution in [2.24, 2.45) is 5.73 Å². The Morgan fingerprint density at radius 2 is 1.85 bits per heavy atom. The molecule has 0 aromatic heterocycles. The van der Waals surface area contributed by atoms with E-state index >= 15 is 0 Å². The van der Waals surface area contributed by atoms with Crippen molar-refractivity contribution in [3.05, 3.63) is 59.7 Å². The summed E-state index contributed by atoms with van der Waals surface area (Å²) in [5.41, 5.74) is 7.25. The smallest absolute Gasteiger partial charge is 0.161 e. The minimum atomic E-state index is -0.688. The molecule has 0 aliphatic heterocycles. The molecule has 20 heavy (non-hydrogen) atoms. The van der Waals surface area contributed by atoms with E-state index in [1.165, 1.54) is 0 Å². The molecule has 0 spiro atoms. The highest BCUT2D eigenvalue weighted by molar-refractivity contribution is 5.43. The van der Waals surface area contributed by atoms with Gasteiger partial charge in [-0.1, -0.05) is 36.4 Å². The minimum absolute atomic E-state index is 0.174. The predicted molar refractivity (Wildman–Crippen MR) is 77.8 cm³/mol. The van der Waals surface area contributed by atoms with Gasteiger partial charge in [0.15, 0.2) is 11.5 Å². The Labute approximate surface area is 118 Å². The topological polar surface area (TPSA) is 64.7 Å². The number of ether oxygens (including phenoxy) is 2. The van der Waals surface area contributed by atoms with Crippen molar-refractivity contribution < 1.29 is 14.6 Å². The van der Waals surface area contributed by atoms with E-state index in [4.69, 9.17) is 15.2 Å². The summed E-state index contributed by atoms with van der Waals surface area (Å²) < 4.78 is 11.0. The van der Waals surface area contributed by atoms with Crippen LogP contribution in [0.2, 0.25) is 0 Å². The average Bonchev–Trinajstić information content (AvgIpc) is 2.53. The number of aliphatic hydroxyl groups excluding tert-OH is 1. The van der Waals surface area contributed by atoms with Crippen molar-refractivity contribution in [3.63, 3.8) is 0 Å². The highest BCUT2D eigenvalue weighted by Gasteiger charge is 2.10. The Hall–Kier alpha value is -2.04. The standard InChI is InChI=1S/C16H19NO3/c1-19-16-9-13(14(18)10-17)7-8-15(16)20-11-12-5-3-2-4-6-12/h2-9,14,18H,10-11,17H2,1H3/t14-/m1/s1. The Morgan fingerprint density at radius 3 is 2.50 bits per heavy atom. The van der Waals surface area contributed by atoms with Crippen LogP contribution in [-0.2, 0) is 6.61 Å². The lowest BCUT2D eigenvalue weighted by Gasteiger charge is -2.14. The van der Waals surface area contributed by atoms with Crippen LogP contribution in [0.4, 0.5) is 0 Å². The van der Waals surface area contributed by atoms with Crippen molar-refractivity contribution in [3.8, 4) is 11.5 Å². The number of hydrogen-bond acceptors (Lipinski definition) is 4. The van der Waals surface area contributed by atoms with E-state index in [1.807, 2.05) is 30.3 Å². The number of aliphatic hydroxyl groups is 1. The van der Waals surface area contributed by atoms with Gasteiger partial charge in [-0.2, -0.15) is 0 Å². The van der Waals surface area contributed by atoms with Gasteiger partial charge in [0.2, 0.25) is 0 Å². The molecule has 0 unspecified atom stereocenters. The summed E-state index contributed by atoms with van der Waals surface area (Å²) in [6, 6.07) is 15.2. The second kappa shape index (κ2) is 6.93. The van der Waals surface area contributed by atoms with Crippen LogP contribution in [0.3, 0.4) is 0 Å². The third-order valence-electron chi connectivity index (χ3n) is 3.03. The summed E-state index contributed by atoms with van der Waals surface area (Å²) in [5, 5.41) is 9.73. The Bertz CT molecular complexity index is 543. The third-order valence-corrected chi connectivity index (χ3v) is 3.03. The summed E-state index contributed by atoms with van der Waals surface area (Å²) in [7, 11) is 1.57. The summed E-state index contributed by atoms with van der Waals surface area (Å²) in [6.45, 7) is 0.642. The number of methoxy groups -OCH3 is 1. The molecule has 0 bridgehead atoms. The van der Waals surface area contributed by atoms with Crippen LogP contribution < -0.4 is 15.2 Å². The SMILES string of the molecule is COc1cc([C@H](O)CN)ccc1OCc1ccccc1. The lowest BCUT2D eigenvalue weighted by Crippen LogP contribution is -2.11. The van der Waals surface area contributed by atoms with Crippen molar-refractivity contribution >= 4 is 0 Å². The van der Waals surface area contributed by atoms with Crippen LogP contribution in [-0.4, -0.2) is 18.8 Å². The maximum Gasteiger partial charge on any atom is 0.161 e. The van der Waals surface area contributed by atoms with E-state index in [9.17, 15) is 5.11 Å². The first kappa shape index (κ1) is 14.4. The monoisotopic (exact) mass is 273 g/mol. The molecule has 0 radical (unpaired) electrons. The average molecular weight is 273 g/mol. The van der Waals surface area contributed by atoms with Crippen molar-refractivity contribution in [1.82, 2.24) is 0 Å². The van der Waals surface area contributed by atoms with Gasteiger partial charge in [0.05, 0.1) is 13.2 Å². The first-order chi connectivity index (χ1) is 9.74. The van der Waals surface area contributed by atoms with Crippen molar-refractivity contribution in [2.45, 2.75) is 12.7 Å². The molecule has 0 aliphatic rings. The number of benzene rings is 2. The van der Waals surface area contributed by atoms with Gasteiger partial charge in [-0.25, -0.2) is 0 Å². The molecule has 0 saturated heterocycles.